The second-order valence-corrected chi connectivity index (χ2v) is 6.07. The van der Waals surface area contributed by atoms with Crippen molar-refractivity contribution in [1.29, 1.82) is 0 Å². The minimum Gasteiger partial charge on any atom is -0.375 e. The molecule has 3 rings (SSSR count). The van der Waals surface area contributed by atoms with E-state index in [2.05, 4.69) is 11.9 Å². The first kappa shape index (κ1) is 16.0. The second-order valence-electron chi connectivity index (χ2n) is 5.68. The average molecular weight is 331 g/mol. The SMILES string of the molecule is CCC[C@@H]1CN(C(=O)c2c[nH]c(=S)n2-c2ccccc2)CCO1. The minimum absolute atomic E-state index is 0.00870. The first-order valence-electron chi connectivity index (χ1n) is 7.97. The number of benzene rings is 1. The van der Waals surface area contributed by atoms with Crippen LogP contribution in [0.3, 0.4) is 0 Å². The van der Waals surface area contributed by atoms with Crippen LogP contribution in [-0.2, 0) is 4.74 Å². The highest BCUT2D eigenvalue weighted by Crippen LogP contribution is 2.17. The Morgan fingerprint density at radius 3 is 2.91 bits per heavy atom. The summed E-state index contributed by atoms with van der Waals surface area (Å²) >= 11 is 5.35. The number of H-pyrrole nitrogens is 1. The van der Waals surface area contributed by atoms with Crippen LogP contribution in [0, 0.1) is 4.77 Å². The van der Waals surface area contributed by atoms with Crippen LogP contribution in [0.2, 0.25) is 0 Å². The van der Waals surface area contributed by atoms with Gasteiger partial charge in [0.2, 0.25) is 0 Å². The Kier molecular flexibility index (Phi) is 4.93. The van der Waals surface area contributed by atoms with Gasteiger partial charge in [-0.05, 0) is 30.8 Å². The van der Waals surface area contributed by atoms with E-state index in [1.807, 2.05) is 35.2 Å². The van der Waals surface area contributed by atoms with Crippen molar-refractivity contribution in [3.05, 3.63) is 47.0 Å². The van der Waals surface area contributed by atoms with Crippen molar-refractivity contribution in [3.63, 3.8) is 0 Å². The molecule has 1 aliphatic heterocycles. The van der Waals surface area contributed by atoms with Crippen LogP contribution in [0.4, 0.5) is 0 Å². The highest BCUT2D eigenvalue weighted by molar-refractivity contribution is 7.71. The number of aromatic amines is 1. The molecule has 1 atom stereocenters. The monoisotopic (exact) mass is 331 g/mol. The number of nitrogens with one attached hydrogen (secondary N) is 1. The summed E-state index contributed by atoms with van der Waals surface area (Å²) in [5, 5.41) is 0. The van der Waals surface area contributed by atoms with Crippen molar-refractivity contribution in [2.45, 2.75) is 25.9 Å². The quantitative estimate of drug-likeness (QED) is 0.876. The number of carbonyl (C=O) groups excluding carboxylic acids is 1. The average Bonchev–Trinajstić information content (AvgIpc) is 2.97. The molecule has 1 aromatic heterocycles. The fourth-order valence-electron chi connectivity index (χ4n) is 2.92. The van der Waals surface area contributed by atoms with Gasteiger partial charge in [0.25, 0.3) is 5.91 Å². The van der Waals surface area contributed by atoms with Gasteiger partial charge in [-0.15, -0.1) is 0 Å². The minimum atomic E-state index is -0.00870. The fraction of sp³-hybridized carbons (Fsp3) is 0.412. The topological polar surface area (TPSA) is 50.3 Å². The predicted octanol–water partition coefficient (Wildman–Crippen LogP) is 3.18. The molecule has 5 nitrogen and oxygen atoms in total. The van der Waals surface area contributed by atoms with Crippen molar-refractivity contribution < 1.29 is 9.53 Å². The lowest BCUT2D eigenvalue weighted by molar-refractivity contribution is -0.0252. The van der Waals surface area contributed by atoms with Gasteiger partial charge in [-0.2, -0.15) is 0 Å². The van der Waals surface area contributed by atoms with Gasteiger partial charge in [0.1, 0.15) is 5.69 Å². The Hall–Kier alpha value is -1.92. The number of para-hydroxylation sites is 1. The van der Waals surface area contributed by atoms with Crippen molar-refractivity contribution in [2.75, 3.05) is 19.7 Å². The number of rotatable bonds is 4. The number of imidazole rings is 1. The van der Waals surface area contributed by atoms with Crippen LogP contribution in [-0.4, -0.2) is 46.2 Å². The van der Waals surface area contributed by atoms with Crippen LogP contribution in [0.25, 0.3) is 5.69 Å². The third kappa shape index (κ3) is 3.38. The van der Waals surface area contributed by atoms with Crippen molar-refractivity contribution in [1.82, 2.24) is 14.5 Å². The molecule has 0 bridgehead atoms. The first-order chi connectivity index (χ1) is 11.2. The second kappa shape index (κ2) is 7.10. The van der Waals surface area contributed by atoms with E-state index in [0.29, 0.717) is 30.2 Å². The fourth-order valence-corrected chi connectivity index (χ4v) is 3.18. The highest BCUT2D eigenvalue weighted by atomic mass is 32.1. The number of ether oxygens (including phenoxy) is 1. The summed E-state index contributed by atoms with van der Waals surface area (Å²) in [5.41, 5.74) is 1.46. The summed E-state index contributed by atoms with van der Waals surface area (Å²) in [6.45, 7) is 3.97. The molecule has 23 heavy (non-hydrogen) atoms. The third-order valence-electron chi connectivity index (χ3n) is 4.05. The number of hydrogen-bond acceptors (Lipinski definition) is 3. The molecule has 0 unspecified atom stereocenters. The van der Waals surface area contributed by atoms with Gasteiger partial charge in [-0.1, -0.05) is 31.5 Å². The number of morpholine rings is 1. The van der Waals surface area contributed by atoms with Gasteiger partial charge in [-0.3, -0.25) is 9.36 Å². The van der Waals surface area contributed by atoms with Crippen LogP contribution in [0.15, 0.2) is 36.5 Å². The maximum absolute atomic E-state index is 12.9. The van der Waals surface area contributed by atoms with Crippen molar-refractivity contribution >= 4 is 18.1 Å². The van der Waals surface area contributed by atoms with E-state index in [4.69, 9.17) is 17.0 Å². The molecule has 2 aromatic rings. The molecule has 1 aromatic carbocycles. The van der Waals surface area contributed by atoms with E-state index in [1.165, 1.54) is 0 Å². The maximum atomic E-state index is 12.9. The van der Waals surface area contributed by atoms with Crippen LogP contribution in [0.5, 0.6) is 0 Å². The molecule has 6 heteroatoms. The van der Waals surface area contributed by atoms with E-state index < -0.39 is 0 Å². The molecular weight excluding hydrogens is 310 g/mol. The summed E-state index contributed by atoms with van der Waals surface area (Å²) in [6, 6.07) is 9.70. The highest BCUT2D eigenvalue weighted by Gasteiger charge is 2.26. The Morgan fingerprint density at radius 1 is 1.39 bits per heavy atom. The lowest BCUT2D eigenvalue weighted by Crippen LogP contribution is -2.46. The van der Waals surface area contributed by atoms with E-state index >= 15 is 0 Å². The van der Waals surface area contributed by atoms with Gasteiger partial charge >= 0.3 is 0 Å². The third-order valence-corrected chi connectivity index (χ3v) is 4.35. The molecule has 1 fully saturated rings. The molecular formula is C17H21N3O2S. The van der Waals surface area contributed by atoms with Gasteiger partial charge in [-0.25, -0.2) is 0 Å². The Labute approximate surface area is 140 Å². The standard InChI is InChI=1S/C17H21N3O2S/c1-2-6-14-12-19(9-10-22-14)16(21)15-11-18-17(23)20(15)13-7-4-3-5-8-13/h3-5,7-8,11,14H,2,6,9-10,12H2,1H3,(H,18,23)/t14-/m1/s1. The normalized spacial score (nSPS) is 18.1. The van der Waals surface area contributed by atoms with Crippen LogP contribution in [0.1, 0.15) is 30.3 Å². The maximum Gasteiger partial charge on any atom is 0.272 e. The zero-order valence-corrected chi connectivity index (χ0v) is 14.0. The Balaban J connectivity index is 1.87. The summed E-state index contributed by atoms with van der Waals surface area (Å²) < 4.78 is 8.05. The Bertz CT molecular complexity index is 721. The van der Waals surface area contributed by atoms with E-state index in [-0.39, 0.29) is 12.0 Å². The van der Waals surface area contributed by atoms with Crippen LogP contribution < -0.4 is 0 Å². The van der Waals surface area contributed by atoms with Crippen molar-refractivity contribution in [3.8, 4) is 5.69 Å². The molecule has 0 aliphatic carbocycles. The summed E-state index contributed by atoms with van der Waals surface area (Å²) in [7, 11) is 0. The molecule has 122 valence electrons. The summed E-state index contributed by atoms with van der Waals surface area (Å²) in [5.74, 6) is -0.00870. The lowest BCUT2D eigenvalue weighted by atomic mass is 10.1. The van der Waals surface area contributed by atoms with Crippen LogP contribution >= 0.6 is 12.2 Å². The molecule has 1 N–H and O–H groups in total. The molecule has 0 saturated carbocycles. The summed E-state index contributed by atoms with van der Waals surface area (Å²) in [4.78, 5) is 17.8. The largest absolute Gasteiger partial charge is 0.375 e. The van der Waals surface area contributed by atoms with Gasteiger partial charge < -0.3 is 14.6 Å². The molecule has 2 heterocycles. The van der Waals surface area contributed by atoms with Gasteiger partial charge in [0, 0.05) is 25.0 Å². The van der Waals surface area contributed by atoms with Gasteiger partial charge in [0.05, 0.1) is 12.7 Å². The molecule has 1 amide bonds. The van der Waals surface area contributed by atoms with E-state index in [9.17, 15) is 4.79 Å². The molecule has 0 spiro atoms. The smallest absolute Gasteiger partial charge is 0.272 e. The Morgan fingerprint density at radius 2 is 2.17 bits per heavy atom. The molecule has 0 radical (unpaired) electrons. The number of amides is 1. The summed E-state index contributed by atoms with van der Waals surface area (Å²) in [6.07, 6.45) is 3.85. The molecule has 1 saturated heterocycles. The number of aromatic nitrogens is 2. The number of hydrogen-bond donors (Lipinski definition) is 1. The zero-order valence-electron chi connectivity index (χ0n) is 13.2. The van der Waals surface area contributed by atoms with Crippen molar-refractivity contribution in [2.24, 2.45) is 0 Å². The zero-order chi connectivity index (χ0) is 16.2. The van der Waals surface area contributed by atoms with E-state index in [0.717, 1.165) is 18.5 Å². The van der Waals surface area contributed by atoms with E-state index in [1.54, 1.807) is 10.8 Å². The lowest BCUT2D eigenvalue weighted by Gasteiger charge is -2.33. The number of carbonyl (C=O) groups is 1. The predicted molar refractivity (Wildman–Crippen MR) is 91.5 cm³/mol. The number of nitrogens with zero attached hydrogens (tertiary/aromatic N) is 2. The molecule has 1 aliphatic rings. The van der Waals surface area contributed by atoms with Gasteiger partial charge in [0.15, 0.2) is 4.77 Å². The first-order valence-corrected chi connectivity index (χ1v) is 8.38.